The van der Waals surface area contributed by atoms with Gasteiger partial charge in [0, 0.05) is 17.2 Å². The van der Waals surface area contributed by atoms with Gasteiger partial charge in [-0.15, -0.1) is 0 Å². The van der Waals surface area contributed by atoms with Crippen LogP contribution in [0.4, 0.5) is 0 Å². The van der Waals surface area contributed by atoms with Crippen LogP contribution in [0.2, 0.25) is 0 Å². The van der Waals surface area contributed by atoms with Gasteiger partial charge in [-0.3, -0.25) is 0 Å². The van der Waals surface area contributed by atoms with Crippen molar-refractivity contribution in [1.82, 2.24) is 0 Å². The summed E-state index contributed by atoms with van der Waals surface area (Å²) in [6.45, 7) is 4.51. The van der Waals surface area contributed by atoms with Crippen LogP contribution in [0.15, 0.2) is 60.8 Å². The van der Waals surface area contributed by atoms with Crippen LogP contribution in [-0.2, 0) is 7.05 Å². The number of aromatic nitrogens is 1. The SMILES string of the molecule is Cc1ccc(-c2ccccc2)cc1-c1cc(C2CCCCC2)c(C)c[n+]1C. The molecule has 1 heterocycles. The van der Waals surface area contributed by atoms with Crippen LogP contribution in [0.3, 0.4) is 0 Å². The van der Waals surface area contributed by atoms with Gasteiger partial charge >= 0.3 is 0 Å². The lowest BCUT2D eigenvalue weighted by atomic mass is 9.82. The van der Waals surface area contributed by atoms with Gasteiger partial charge in [0.2, 0.25) is 5.69 Å². The van der Waals surface area contributed by atoms with Crippen LogP contribution in [-0.4, -0.2) is 0 Å². The molecule has 0 N–H and O–H groups in total. The van der Waals surface area contributed by atoms with Crippen LogP contribution >= 0.6 is 0 Å². The smallest absolute Gasteiger partial charge is 0.201 e. The zero-order valence-corrected chi connectivity index (χ0v) is 16.8. The maximum absolute atomic E-state index is 2.47. The molecule has 1 aliphatic carbocycles. The number of nitrogens with zero attached hydrogens (tertiary/aromatic N) is 1. The summed E-state index contributed by atoms with van der Waals surface area (Å²) in [5.74, 6) is 0.733. The summed E-state index contributed by atoms with van der Waals surface area (Å²) in [7, 11) is 2.18. The van der Waals surface area contributed by atoms with Crippen molar-refractivity contribution >= 4 is 0 Å². The molecule has 0 radical (unpaired) electrons. The van der Waals surface area contributed by atoms with Crippen LogP contribution in [0.25, 0.3) is 22.4 Å². The number of pyridine rings is 1. The molecule has 1 nitrogen and oxygen atoms in total. The van der Waals surface area contributed by atoms with Crippen molar-refractivity contribution in [3.63, 3.8) is 0 Å². The van der Waals surface area contributed by atoms with Gasteiger partial charge in [0.25, 0.3) is 0 Å². The topological polar surface area (TPSA) is 3.88 Å². The Hall–Kier alpha value is -2.41. The van der Waals surface area contributed by atoms with Crippen molar-refractivity contribution < 1.29 is 4.57 Å². The van der Waals surface area contributed by atoms with E-state index in [-0.39, 0.29) is 0 Å². The monoisotopic (exact) mass is 356 g/mol. The largest absolute Gasteiger partial charge is 0.212 e. The Morgan fingerprint density at radius 2 is 1.52 bits per heavy atom. The molecule has 0 atom stereocenters. The van der Waals surface area contributed by atoms with E-state index in [1.54, 1.807) is 5.56 Å². The highest BCUT2D eigenvalue weighted by molar-refractivity contribution is 5.73. The summed E-state index contributed by atoms with van der Waals surface area (Å²) >= 11 is 0. The zero-order chi connectivity index (χ0) is 18.8. The van der Waals surface area contributed by atoms with E-state index in [0.29, 0.717) is 0 Å². The van der Waals surface area contributed by atoms with E-state index in [1.807, 2.05) is 0 Å². The van der Waals surface area contributed by atoms with Gasteiger partial charge in [-0.1, -0.05) is 61.7 Å². The summed E-state index contributed by atoms with van der Waals surface area (Å²) < 4.78 is 2.30. The first-order valence-corrected chi connectivity index (χ1v) is 10.3. The van der Waals surface area contributed by atoms with E-state index in [4.69, 9.17) is 0 Å². The van der Waals surface area contributed by atoms with Crippen LogP contribution in [0, 0.1) is 13.8 Å². The van der Waals surface area contributed by atoms with Gasteiger partial charge in [-0.2, -0.15) is 0 Å². The third kappa shape index (κ3) is 3.69. The lowest BCUT2D eigenvalue weighted by Gasteiger charge is -2.23. The summed E-state index contributed by atoms with van der Waals surface area (Å²) in [6, 6.07) is 20.0. The third-order valence-corrected chi connectivity index (χ3v) is 6.18. The van der Waals surface area contributed by atoms with Gasteiger partial charge in [0.05, 0.1) is 0 Å². The van der Waals surface area contributed by atoms with Crippen LogP contribution in [0.1, 0.15) is 54.7 Å². The van der Waals surface area contributed by atoms with Crippen LogP contribution < -0.4 is 4.57 Å². The van der Waals surface area contributed by atoms with Crippen molar-refractivity contribution in [2.24, 2.45) is 7.05 Å². The van der Waals surface area contributed by atoms with Crippen molar-refractivity contribution in [3.05, 3.63) is 77.5 Å². The van der Waals surface area contributed by atoms with E-state index < -0.39 is 0 Å². The maximum Gasteiger partial charge on any atom is 0.212 e. The van der Waals surface area contributed by atoms with E-state index >= 15 is 0 Å². The van der Waals surface area contributed by atoms with Gasteiger partial charge in [0.15, 0.2) is 6.20 Å². The van der Waals surface area contributed by atoms with Gasteiger partial charge < -0.3 is 0 Å². The minimum atomic E-state index is 0.733. The molecule has 0 amide bonds. The Bertz CT molecular complexity index is 934. The van der Waals surface area contributed by atoms with E-state index in [2.05, 4.69) is 86.3 Å². The Kier molecular flexibility index (Phi) is 5.11. The second kappa shape index (κ2) is 7.68. The van der Waals surface area contributed by atoms with E-state index in [0.717, 1.165) is 5.92 Å². The molecule has 1 fully saturated rings. The normalized spacial score (nSPS) is 15.1. The summed E-state index contributed by atoms with van der Waals surface area (Å²) in [5.41, 5.74) is 9.57. The minimum Gasteiger partial charge on any atom is -0.201 e. The molecule has 1 aliphatic rings. The lowest BCUT2D eigenvalue weighted by Crippen LogP contribution is -2.32. The van der Waals surface area contributed by atoms with Gasteiger partial charge in [-0.25, -0.2) is 4.57 Å². The van der Waals surface area contributed by atoms with Crippen molar-refractivity contribution in [3.8, 4) is 22.4 Å². The van der Waals surface area contributed by atoms with Crippen LogP contribution in [0.5, 0.6) is 0 Å². The quantitative estimate of drug-likeness (QED) is 0.471. The van der Waals surface area contributed by atoms with Gasteiger partial charge in [0.1, 0.15) is 7.05 Å². The molecule has 1 saturated carbocycles. The Morgan fingerprint density at radius 3 is 2.26 bits per heavy atom. The molecule has 1 heteroatoms. The average Bonchev–Trinajstić information content (AvgIpc) is 2.70. The fourth-order valence-corrected chi connectivity index (χ4v) is 4.63. The van der Waals surface area contributed by atoms with Crippen molar-refractivity contribution in [2.75, 3.05) is 0 Å². The lowest BCUT2D eigenvalue weighted by molar-refractivity contribution is -0.660. The molecule has 1 aromatic heterocycles. The zero-order valence-electron chi connectivity index (χ0n) is 16.8. The molecule has 4 rings (SSSR count). The first kappa shape index (κ1) is 18.0. The molecule has 3 aromatic rings. The summed E-state index contributed by atoms with van der Waals surface area (Å²) in [5, 5.41) is 0. The average molecular weight is 357 g/mol. The highest BCUT2D eigenvalue weighted by atomic mass is 14.9. The predicted molar refractivity (Wildman–Crippen MR) is 114 cm³/mol. The Morgan fingerprint density at radius 1 is 0.778 bits per heavy atom. The second-order valence-corrected chi connectivity index (χ2v) is 8.14. The Labute approximate surface area is 163 Å². The molecule has 0 aliphatic heterocycles. The molecular weight excluding hydrogens is 326 g/mol. The number of aryl methyl sites for hydroxylation is 3. The highest BCUT2D eigenvalue weighted by Crippen LogP contribution is 2.36. The molecule has 138 valence electrons. The molecule has 0 saturated heterocycles. The Balaban J connectivity index is 1.81. The first-order chi connectivity index (χ1) is 13.1. The third-order valence-electron chi connectivity index (χ3n) is 6.18. The standard InChI is InChI=1S/C26H30N/c1-19-14-15-23(21-10-6-4-7-11-21)16-25(19)26-17-24(20(2)18-27(26)3)22-12-8-5-9-13-22/h4,6-7,10-11,14-18,22H,5,8-9,12-13H2,1-3H3/q+1. The fraction of sp³-hybridized carbons (Fsp3) is 0.346. The first-order valence-electron chi connectivity index (χ1n) is 10.3. The van der Waals surface area contributed by atoms with Gasteiger partial charge in [-0.05, 0) is 60.9 Å². The highest BCUT2D eigenvalue weighted by Gasteiger charge is 2.22. The molecule has 0 unspecified atom stereocenters. The second-order valence-electron chi connectivity index (χ2n) is 8.14. The number of benzene rings is 2. The van der Waals surface area contributed by atoms with E-state index in [9.17, 15) is 0 Å². The predicted octanol–water partition coefficient (Wildman–Crippen LogP) is 6.51. The molecule has 2 aromatic carbocycles. The summed E-state index contributed by atoms with van der Waals surface area (Å²) in [4.78, 5) is 0. The molecule has 27 heavy (non-hydrogen) atoms. The van der Waals surface area contributed by atoms with Crippen molar-refractivity contribution in [1.29, 1.82) is 0 Å². The molecular formula is C26H30N+. The summed E-state index contributed by atoms with van der Waals surface area (Å²) in [6.07, 6.45) is 9.18. The molecule has 0 bridgehead atoms. The number of rotatable bonds is 3. The molecule has 0 spiro atoms. The fourth-order valence-electron chi connectivity index (χ4n) is 4.63. The minimum absolute atomic E-state index is 0.733. The van der Waals surface area contributed by atoms with Crippen molar-refractivity contribution in [2.45, 2.75) is 51.9 Å². The number of hydrogen-bond donors (Lipinski definition) is 0. The van der Waals surface area contributed by atoms with E-state index in [1.165, 1.54) is 65.6 Å². The number of hydrogen-bond acceptors (Lipinski definition) is 0. The maximum atomic E-state index is 2.47.